The van der Waals surface area contributed by atoms with Crippen LogP contribution < -0.4 is 9.47 Å². The molecule has 0 bridgehead atoms. The summed E-state index contributed by atoms with van der Waals surface area (Å²) >= 11 is 0. The fourth-order valence-electron chi connectivity index (χ4n) is 5.28. The van der Waals surface area contributed by atoms with Crippen LogP contribution in [0.25, 0.3) is 0 Å². The Balaban J connectivity index is 2.32. The third-order valence-corrected chi connectivity index (χ3v) is 13.0. The first-order valence-electron chi connectivity index (χ1n) is 17.4. The van der Waals surface area contributed by atoms with Gasteiger partial charge in [-0.1, -0.05) is 63.1 Å². The second kappa shape index (κ2) is 19.2. The molecule has 1 aromatic carbocycles. The zero-order chi connectivity index (χ0) is 37.9. The molecule has 1 N–H and O–H groups in total. The molecular formula is C36H59O11PSi2. The molecule has 3 atom stereocenters. The van der Waals surface area contributed by atoms with Crippen LogP contribution >= 0.6 is 7.60 Å². The summed E-state index contributed by atoms with van der Waals surface area (Å²) in [5.74, 6) is -0.877. The minimum Gasteiger partial charge on any atom is -0.496 e. The van der Waals surface area contributed by atoms with Gasteiger partial charge in [-0.05, 0) is 64.6 Å². The second-order valence-electron chi connectivity index (χ2n) is 15.2. The van der Waals surface area contributed by atoms with E-state index in [0.717, 1.165) is 34.4 Å². The van der Waals surface area contributed by atoms with Crippen molar-refractivity contribution in [1.82, 2.24) is 0 Å². The van der Waals surface area contributed by atoms with Crippen LogP contribution in [0.5, 0.6) is 11.5 Å². The first-order chi connectivity index (χ1) is 23.2. The highest BCUT2D eigenvalue weighted by molar-refractivity contribution is 7.53. The summed E-state index contributed by atoms with van der Waals surface area (Å²) in [4.78, 5) is 48.3. The molecule has 0 amide bonds. The predicted octanol–water partition coefficient (Wildman–Crippen LogP) is 7.87. The molecule has 0 aromatic heterocycles. The molecule has 1 aliphatic rings. The lowest BCUT2D eigenvalue weighted by molar-refractivity contribution is -0.151. The lowest BCUT2D eigenvalue weighted by Crippen LogP contribution is -2.25. The number of methoxy groups -OCH3 is 1. The predicted molar refractivity (Wildman–Crippen MR) is 201 cm³/mol. The van der Waals surface area contributed by atoms with Crippen LogP contribution in [0.3, 0.4) is 0 Å². The average Bonchev–Trinajstić information content (AvgIpc) is 3.38. The Morgan fingerprint density at radius 1 is 1.00 bits per heavy atom. The van der Waals surface area contributed by atoms with Gasteiger partial charge in [0.15, 0.2) is 6.10 Å². The van der Waals surface area contributed by atoms with Crippen molar-refractivity contribution in [2.24, 2.45) is 5.92 Å². The minimum absolute atomic E-state index is 0.133. The number of carbonyl (C=O) groups excluding carboxylic acids is 3. The van der Waals surface area contributed by atoms with E-state index < -0.39 is 47.7 Å². The van der Waals surface area contributed by atoms with Gasteiger partial charge in [0.25, 0.3) is 0 Å². The van der Waals surface area contributed by atoms with E-state index in [4.69, 9.17) is 28.2 Å². The van der Waals surface area contributed by atoms with Gasteiger partial charge >= 0.3 is 25.5 Å². The highest BCUT2D eigenvalue weighted by Crippen LogP contribution is 2.44. The number of allylic oxidation sites excluding steroid dienone is 4. The molecule has 11 nitrogen and oxygen atoms in total. The van der Waals surface area contributed by atoms with Crippen LogP contribution in [-0.2, 0) is 45.9 Å². The summed E-state index contributed by atoms with van der Waals surface area (Å²) < 4.78 is 45.9. The molecule has 0 radical (unpaired) electrons. The van der Waals surface area contributed by atoms with Gasteiger partial charge < -0.3 is 28.6 Å². The fraction of sp³-hybridized carbons (Fsp3) is 0.639. The van der Waals surface area contributed by atoms with Crippen molar-refractivity contribution >= 4 is 41.7 Å². The van der Waals surface area contributed by atoms with Gasteiger partial charge in [-0.3, -0.25) is 13.9 Å². The molecule has 2 rings (SSSR count). The van der Waals surface area contributed by atoms with Crippen molar-refractivity contribution in [1.29, 1.82) is 0 Å². The maximum atomic E-state index is 13.3. The van der Waals surface area contributed by atoms with Gasteiger partial charge in [-0.15, -0.1) is 0 Å². The van der Waals surface area contributed by atoms with E-state index in [1.54, 1.807) is 20.1 Å². The van der Waals surface area contributed by atoms with E-state index in [1.165, 1.54) is 13.0 Å². The number of benzene rings is 1. The Bertz CT molecular complexity index is 1460. The van der Waals surface area contributed by atoms with E-state index in [9.17, 15) is 23.8 Å². The van der Waals surface area contributed by atoms with Crippen LogP contribution in [0.15, 0.2) is 23.8 Å². The zero-order valence-electron chi connectivity index (χ0n) is 31.9. The fourth-order valence-corrected chi connectivity index (χ4v) is 7.79. The molecule has 2 unspecified atom stereocenters. The maximum absolute atomic E-state index is 13.3. The van der Waals surface area contributed by atoms with E-state index in [-0.39, 0.29) is 31.8 Å². The first-order valence-corrected chi connectivity index (χ1v) is 26.5. The molecule has 0 saturated heterocycles. The molecule has 1 aliphatic heterocycles. The second-order valence-corrected chi connectivity index (χ2v) is 28.3. The Hall–Kier alpha value is -2.71. The minimum atomic E-state index is -4.13. The lowest BCUT2D eigenvalue weighted by atomic mass is 9.93. The number of hydrogen-bond donors (Lipinski definition) is 1. The molecule has 0 saturated carbocycles. The van der Waals surface area contributed by atoms with Gasteiger partial charge in [0.05, 0.1) is 39.0 Å². The van der Waals surface area contributed by atoms with E-state index in [0.29, 0.717) is 43.1 Å². The highest BCUT2D eigenvalue weighted by atomic mass is 31.2. The number of rotatable bonds is 21. The van der Waals surface area contributed by atoms with Crippen molar-refractivity contribution in [3.63, 3.8) is 0 Å². The number of esters is 3. The van der Waals surface area contributed by atoms with E-state index >= 15 is 0 Å². The standard InChI is InChI=1S/C36H59O11PSi2/c1-12-43-34(37)27(4)47-48(40,41)20-14-13-15-28(35(38)45-19-22-50(9,10)11)23-25(2)16-17-29-32(42-5)26(3)30-24-46-36(39)31(30)33(29)44-18-21-49(6,7)8/h13-14,16,27-28H,12,15,17-24H2,1-11H3,(H,40,41)/b14-13+,25-16+/t27-,28?/m0/s1. The van der Waals surface area contributed by atoms with Crippen molar-refractivity contribution < 1.29 is 52.1 Å². The lowest BCUT2D eigenvalue weighted by Gasteiger charge is -2.22. The quantitative estimate of drug-likeness (QED) is 0.0431. The van der Waals surface area contributed by atoms with Crippen LogP contribution in [0.1, 0.15) is 60.7 Å². The normalized spacial score (nSPS) is 16.0. The maximum Gasteiger partial charge on any atom is 0.342 e. The summed E-state index contributed by atoms with van der Waals surface area (Å²) in [7, 11) is -5.38. The van der Waals surface area contributed by atoms with Crippen molar-refractivity contribution in [2.45, 2.75) is 111 Å². The number of cyclic esters (lactones) is 1. The summed E-state index contributed by atoms with van der Waals surface area (Å²) in [6, 6.07) is 1.75. The largest absolute Gasteiger partial charge is 0.496 e. The van der Waals surface area contributed by atoms with E-state index in [2.05, 4.69) is 39.3 Å². The summed E-state index contributed by atoms with van der Waals surface area (Å²) in [5.41, 5.74) is 3.74. The average molecular weight is 755 g/mol. The molecule has 50 heavy (non-hydrogen) atoms. The van der Waals surface area contributed by atoms with Crippen molar-refractivity contribution in [3.8, 4) is 11.5 Å². The third-order valence-electron chi connectivity index (χ3n) is 8.24. The van der Waals surface area contributed by atoms with Gasteiger partial charge in [-0.25, -0.2) is 9.59 Å². The van der Waals surface area contributed by atoms with Crippen LogP contribution in [-0.4, -0.2) is 78.1 Å². The first kappa shape index (κ1) is 43.5. The highest BCUT2D eigenvalue weighted by Gasteiger charge is 2.33. The Kier molecular flexibility index (Phi) is 16.7. The number of fused-ring (bicyclic) bond motifs is 1. The van der Waals surface area contributed by atoms with Gasteiger partial charge in [0.2, 0.25) is 0 Å². The molecule has 1 heterocycles. The summed E-state index contributed by atoms with van der Waals surface area (Å²) in [5, 5.41) is 0. The molecule has 14 heteroatoms. The van der Waals surface area contributed by atoms with Crippen molar-refractivity contribution in [2.75, 3.05) is 33.1 Å². The number of hydrogen-bond acceptors (Lipinski definition) is 10. The zero-order valence-corrected chi connectivity index (χ0v) is 34.8. The van der Waals surface area contributed by atoms with Gasteiger partial charge in [-0.2, -0.15) is 0 Å². The van der Waals surface area contributed by atoms with Crippen LogP contribution in [0.4, 0.5) is 0 Å². The summed E-state index contributed by atoms with van der Waals surface area (Å²) in [6.45, 7) is 21.4. The Morgan fingerprint density at radius 3 is 2.24 bits per heavy atom. The van der Waals surface area contributed by atoms with Gasteiger partial charge in [0, 0.05) is 27.3 Å². The van der Waals surface area contributed by atoms with Crippen molar-refractivity contribution in [3.05, 3.63) is 46.1 Å². The van der Waals surface area contributed by atoms with E-state index in [1.807, 2.05) is 19.9 Å². The van der Waals surface area contributed by atoms with Gasteiger partial charge in [0.1, 0.15) is 23.7 Å². The monoisotopic (exact) mass is 754 g/mol. The SMILES string of the molecule is CCOC(=O)[C@H](C)OP(=O)(O)C/C=C/CC(C/C(C)=C/Cc1c(OC)c(C)c2c(c1OCC[Si](C)(C)C)C(=O)OC2)C(=O)OCC[Si](C)(C)C. The number of ether oxygens (including phenoxy) is 5. The van der Waals surface area contributed by atoms with Crippen LogP contribution in [0, 0.1) is 12.8 Å². The molecule has 0 spiro atoms. The third kappa shape index (κ3) is 14.1. The number of carbonyl (C=O) groups is 3. The van der Waals surface area contributed by atoms with Crippen LogP contribution in [0.2, 0.25) is 51.4 Å². The smallest absolute Gasteiger partial charge is 0.342 e. The Morgan fingerprint density at radius 2 is 1.64 bits per heavy atom. The molecule has 1 aromatic rings. The summed E-state index contributed by atoms with van der Waals surface area (Å²) in [6.07, 6.45) is 4.69. The molecular weight excluding hydrogens is 696 g/mol. The molecule has 0 aliphatic carbocycles. The molecule has 282 valence electrons. The topological polar surface area (TPSA) is 144 Å². The Labute approximate surface area is 300 Å². The molecule has 0 fully saturated rings.